The van der Waals surface area contributed by atoms with Crippen LogP contribution < -0.4 is 10.9 Å². The Balaban J connectivity index is 2.16. The zero-order chi connectivity index (χ0) is 16.3. The number of H-pyrrole nitrogens is 1. The van der Waals surface area contributed by atoms with Gasteiger partial charge >= 0.3 is 0 Å². The number of hydrogen-bond donors (Lipinski definition) is 2. The molecule has 0 unspecified atom stereocenters. The molecule has 2 N–H and O–H groups in total. The second kappa shape index (κ2) is 6.17. The van der Waals surface area contributed by atoms with Crippen molar-refractivity contribution in [2.45, 2.75) is 20.3 Å². The van der Waals surface area contributed by atoms with Gasteiger partial charge in [-0.1, -0.05) is 6.07 Å². The molecule has 0 saturated carbocycles. The smallest absolute Gasteiger partial charge is 0.271 e. The normalized spacial score (nSPS) is 10.3. The Morgan fingerprint density at radius 2 is 2.14 bits per heavy atom. The molecule has 8 heteroatoms. The number of nitro benzene ring substituents is 1. The van der Waals surface area contributed by atoms with Crippen LogP contribution in [0.25, 0.3) is 0 Å². The number of nitrogens with zero attached hydrogens (tertiary/aromatic N) is 2. The van der Waals surface area contributed by atoms with E-state index in [0.29, 0.717) is 17.2 Å². The highest BCUT2D eigenvalue weighted by molar-refractivity contribution is 5.92. The highest BCUT2D eigenvalue weighted by atomic mass is 16.6. The van der Waals surface area contributed by atoms with Gasteiger partial charge in [0.1, 0.15) is 5.82 Å². The van der Waals surface area contributed by atoms with Crippen LogP contribution in [-0.2, 0) is 11.2 Å². The maximum atomic E-state index is 12.0. The van der Waals surface area contributed by atoms with Gasteiger partial charge in [0.25, 0.3) is 11.2 Å². The first-order valence-corrected chi connectivity index (χ1v) is 6.47. The van der Waals surface area contributed by atoms with E-state index in [0.717, 1.165) is 0 Å². The molecule has 1 amide bonds. The number of anilines is 1. The third kappa shape index (κ3) is 3.54. The van der Waals surface area contributed by atoms with Crippen molar-refractivity contribution in [3.8, 4) is 0 Å². The van der Waals surface area contributed by atoms with Gasteiger partial charge in [0, 0.05) is 29.1 Å². The van der Waals surface area contributed by atoms with Crippen LogP contribution in [0.15, 0.2) is 29.1 Å². The number of nitrogens with one attached hydrogen (secondary N) is 2. The lowest BCUT2D eigenvalue weighted by Gasteiger charge is -2.07. The van der Waals surface area contributed by atoms with Crippen molar-refractivity contribution in [1.82, 2.24) is 9.97 Å². The number of carbonyl (C=O) groups excluding carboxylic acids is 1. The van der Waals surface area contributed by atoms with Crippen molar-refractivity contribution < 1.29 is 9.72 Å². The molecule has 0 saturated heterocycles. The first-order valence-electron chi connectivity index (χ1n) is 6.47. The number of aromatic amines is 1. The summed E-state index contributed by atoms with van der Waals surface area (Å²) >= 11 is 0. The first kappa shape index (κ1) is 15.4. The molecule has 22 heavy (non-hydrogen) atoms. The standard InChI is InChI=1S/C14H14N4O4/c1-8-12(14(20)16-9(2)15-8)7-13(19)17-10-4-3-5-11(6-10)18(21)22/h3-6H,7H2,1-2H3,(H,17,19)(H,15,16,20). The second-order valence-electron chi connectivity index (χ2n) is 4.75. The van der Waals surface area contributed by atoms with E-state index in [2.05, 4.69) is 15.3 Å². The fraction of sp³-hybridized carbons (Fsp3) is 0.214. The molecule has 0 fully saturated rings. The molecule has 1 heterocycles. The van der Waals surface area contributed by atoms with E-state index in [4.69, 9.17) is 0 Å². The molecular formula is C14H14N4O4. The molecule has 2 rings (SSSR count). The Morgan fingerprint density at radius 1 is 1.41 bits per heavy atom. The number of benzene rings is 1. The number of hydrogen-bond acceptors (Lipinski definition) is 5. The zero-order valence-electron chi connectivity index (χ0n) is 12.0. The Hall–Kier alpha value is -3.03. The predicted molar refractivity (Wildman–Crippen MR) is 79.8 cm³/mol. The minimum atomic E-state index is -0.547. The summed E-state index contributed by atoms with van der Waals surface area (Å²) in [7, 11) is 0. The third-order valence-electron chi connectivity index (χ3n) is 3.02. The molecular weight excluding hydrogens is 288 g/mol. The predicted octanol–water partition coefficient (Wildman–Crippen LogP) is 1.48. The fourth-order valence-corrected chi connectivity index (χ4v) is 2.02. The topological polar surface area (TPSA) is 118 Å². The fourth-order valence-electron chi connectivity index (χ4n) is 2.02. The van der Waals surface area contributed by atoms with Crippen LogP contribution in [0.2, 0.25) is 0 Å². The van der Waals surface area contributed by atoms with Crippen molar-refractivity contribution in [1.29, 1.82) is 0 Å². The van der Waals surface area contributed by atoms with Crippen molar-refractivity contribution in [3.63, 3.8) is 0 Å². The van der Waals surface area contributed by atoms with Gasteiger partial charge in [-0.05, 0) is 19.9 Å². The molecule has 0 aliphatic rings. The number of aromatic nitrogens is 2. The molecule has 2 aromatic rings. The molecule has 0 radical (unpaired) electrons. The Morgan fingerprint density at radius 3 is 2.77 bits per heavy atom. The monoisotopic (exact) mass is 302 g/mol. The molecule has 0 atom stereocenters. The van der Waals surface area contributed by atoms with E-state index in [-0.39, 0.29) is 23.2 Å². The molecule has 0 aliphatic heterocycles. The first-order chi connectivity index (χ1) is 10.4. The number of non-ortho nitro benzene ring substituents is 1. The average molecular weight is 302 g/mol. The van der Waals surface area contributed by atoms with Crippen molar-refractivity contribution in [3.05, 3.63) is 61.8 Å². The van der Waals surface area contributed by atoms with Crippen LogP contribution >= 0.6 is 0 Å². The molecule has 1 aromatic carbocycles. The molecule has 0 bridgehead atoms. The summed E-state index contributed by atoms with van der Waals surface area (Å²) in [5.41, 5.74) is 0.570. The van der Waals surface area contributed by atoms with Crippen molar-refractivity contribution >= 4 is 17.3 Å². The summed E-state index contributed by atoms with van der Waals surface area (Å²) in [5, 5.41) is 13.2. The quantitative estimate of drug-likeness (QED) is 0.655. The van der Waals surface area contributed by atoms with Gasteiger partial charge in [0.15, 0.2) is 0 Å². The van der Waals surface area contributed by atoms with Gasteiger partial charge in [-0.2, -0.15) is 0 Å². The largest absolute Gasteiger partial charge is 0.326 e. The average Bonchev–Trinajstić information content (AvgIpc) is 2.43. The highest BCUT2D eigenvalue weighted by Gasteiger charge is 2.13. The van der Waals surface area contributed by atoms with Crippen molar-refractivity contribution in [2.75, 3.05) is 5.32 Å². The van der Waals surface area contributed by atoms with Crippen LogP contribution in [0.5, 0.6) is 0 Å². The van der Waals surface area contributed by atoms with Gasteiger partial charge in [0.2, 0.25) is 5.91 Å². The lowest BCUT2D eigenvalue weighted by atomic mass is 10.1. The Bertz CT molecular complexity index is 798. The van der Waals surface area contributed by atoms with Crippen LogP contribution in [0.3, 0.4) is 0 Å². The Labute approximate surface area is 125 Å². The van der Waals surface area contributed by atoms with E-state index < -0.39 is 10.8 Å². The zero-order valence-corrected chi connectivity index (χ0v) is 12.0. The summed E-state index contributed by atoms with van der Waals surface area (Å²) in [6.07, 6.45) is -0.156. The maximum absolute atomic E-state index is 12.0. The van der Waals surface area contributed by atoms with E-state index in [9.17, 15) is 19.7 Å². The van der Waals surface area contributed by atoms with E-state index in [1.165, 1.54) is 24.3 Å². The van der Waals surface area contributed by atoms with Crippen molar-refractivity contribution in [2.24, 2.45) is 0 Å². The van der Waals surface area contributed by atoms with Gasteiger partial charge < -0.3 is 10.3 Å². The number of nitro groups is 1. The van der Waals surface area contributed by atoms with Crippen LogP contribution in [0.1, 0.15) is 17.1 Å². The summed E-state index contributed by atoms with van der Waals surface area (Å²) in [6.45, 7) is 3.31. The maximum Gasteiger partial charge on any atom is 0.271 e. The van der Waals surface area contributed by atoms with Crippen LogP contribution in [0, 0.1) is 24.0 Å². The van der Waals surface area contributed by atoms with Crippen LogP contribution in [0.4, 0.5) is 11.4 Å². The lowest BCUT2D eigenvalue weighted by molar-refractivity contribution is -0.384. The summed E-state index contributed by atoms with van der Waals surface area (Å²) in [5.74, 6) is 0.0325. The van der Waals surface area contributed by atoms with Gasteiger partial charge in [-0.25, -0.2) is 4.98 Å². The molecule has 1 aromatic heterocycles. The Kier molecular flexibility index (Phi) is 4.31. The van der Waals surface area contributed by atoms with E-state index in [1.54, 1.807) is 13.8 Å². The SMILES string of the molecule is Cc1nc(C)c(CC(=O)Nc2cccc([N+](=O)[O-])c2)c(=O)[nH]1. The number of amides is 1. The van der Waals surface area contributed by atoms with Gasteiger partial charge in [0.05, 0.1) is 11.3 Å². The molecule has 0 aliphatic carbocycles. The third-order valence-corrected chi connectivity index (χ3v) is 3.02. The summed E-state index contributed by atoms with van der Waals surface area (Å²) in [6, 6.07) is 5.59. The highest BCUT2D eigenvalue weighted by Crippen LogP contribution is 2.17. The lowest BCUT2D eigenvalue weighted by Crippen LogP contribution is -2.24. The number of carbonyl (C=O) groups is 1. The minimum absolute atomic E-state index is 0.121. The van der Waals surface area contributed by atoms with E-state index >= 15 is 0 Å². The number of aryl methyl sites for hydroxylation is 2. The van der Waals surface area contributed by atoms with E-state index in [1.807, 2.05) is 0 Å². The molecule has 8 nitrogen and oxygen atoms in total. The summed E-state index contributed by atoms with van der Waals surface area (Å²) in [4.78, 5) is 40.6. The number of rotatable bonds is 4. The second-order valence-corrected chi connectivity index (χ2v) is 4.75. The van der Waals surface area contributed by atoms with Crippen LogP contribution in [-0.4, -0.2) is 20.8 Å². The summed E-state index contributed by atoms with van der Waals surface area (Å²) < 4.78 is 0. The molecule has 114 valence electrons. The molecule has 0 spiro atoms. The van der Waals surface area contributed by atoms with Gasteiger partial charge in [-0.3, -0.25) is 19.7 Å². The van der Waals surface area contributed by atoms with Gasteiger partial charge in [-0.15, -0.1) is 0 Å². The minimum Gasteiger partial charge on any atom is -0.326 e.